The van der Waals surface area contributed by atoms with Crippen LogP contribution in [0.25, 0.3) is 0 Å². The summed E-state index contributed by atoms with van der Waals surface area (Å²) in [6.07, 6.45) is 4.22. The quantitative estimate of drug-likeness (QED) is 0.714. The van der Waals surface area contributed by atoms with E-state index in [2.05, 4.69) is 26.0 Å². The third-order valence-corrected chi connectivity index (χ3v) is 3.83. The molecule has 0 heterocycles. The molecule has 17 heavy (non-hydrogen) atoms. The second-order valence-electron chi connectivity index (χ2n) is 5.11. The van der Waals surface area contributed by atoms with Gasteiger partial charge in [0.2, 0.25) is 0 Å². The number of Topliss-reactive ketones (excluding diaryl/α,β-unsaturated/α-hetero) is 1. The zero-order valence-electron chi connectivity index (χ0n) is 10.3. The lowest BCUT2D eigenvalue weighted by molar-refractivity contribution is -0.118. The fourth-order valence-corrected chi connectivity index (χ4v) is 2.54. The largest absolute Gasteiger partial charge is 0.299 e. The van der Waals surface area contributed by atoms with E-state index < -0.39 is 0 Å². The smallest absolute Gasteiger partial charge is 0.136 e. The van der Waals surface area contributed by atoms with Gasteiger partial charge < -0.3 is 0 Å². The summed E-state index contributed by atoms with van der Waals surface area (Å²) in [6.45, 7) is 4.39. The van der Waals surface area contributed by atoms with E-state index in [0.29, 0.717) is 18.6 Å². The van der Waals surface area contributed by atoms with Crippen LogP contribution < -0.4 is 0 Å². The standard InChI is InChI=1S/C15H17ClO/c1-15(2,11-6-8-14(17)9-7-11)12-4-3-5-13(16)10-12/h3-6,10H,7-9H2,1-2H3. The molecule has 1 nitrogen and oxygen atoms in total. The number of hydrogen-bond donors (Lipinski definition) is 0. The van der Waals surface area contributed by atoms with Gasteiger partial charge in [0.15, 0.2) is 0 Å². The zero-order chi connectivity index (χ0) is 12.5. The first-order chi connectivity index (χ1) is 8.00. The molecule has 0 saturated carbocycles. The summed E-state index contributed by atoms with van der Waals surface area (Å²) in [6, 6.07) is 7.98. The molecule has 0 radical (unpaired) electrons. The summed E-state index contributed by atoms with van der Waals surface area (Å²) in [5.74, 6) is 0.343. The molecule has 0 amide bonds. The molecule has 2 rings (SSSR count). The van der Waals surface area contributed by atoms with Crippen molar-refractivity contribution >= 4 is 17.4 Å². The van der Waals surface area contributed by atoms with Crippen LogP contribution in [-0.2, 0) is 10.2 Å². The van der Waals surface area contributed by atoms with Gasteiger partial charge in [0.25, 0.3) is 0 Å². The molecule has 0 spiro atoms. The normalized spacial score (nSPS) is 16.9. The highest BCUT2D eigenvalue weighted by molar-refractivity contribution is 6.30. The summed E-state index contributed by atoms with van der Waals surface area (Å²) >= 11 is 6.04. The molecule has 1 aromatic carbocycles. The summed E-state index contributed by atoms with van der Waals surface area (Å²) in [4.78, 5) is 11.3. The molecule has 0 N–H and O–H groups in total. The van der Waals surface area contributed by atoms with Gasteiger partial charge >= 0.3 is 0 Å². The lowest BCUT2D eigenvalue weighted by Crippen LogP contribution is -2.23. The van der Waals surface area contributed by atoms with Gasteiger partial charge in [-0.15, -0.1) is 0 Å². The van der Waals surface area contributed by atoms with Gasteiger partial charge in [-0.2, -0.15) is 0 Å². The topological polar surface area (TPSA) is 17.1 Å². The van der Waals surface area contributed by atoms with Crippen LogP contribution in [0.2, 0.25) is 5.02 Å². The maximum Gasteiger partial charge on any atom is 0.136 e. The van der Waals surface area contributed by atoms with Crippen molar-refractivity contribution in [2.75, 3.05) is 0 Å². The Morgan fingerprint density at radius 2 is 2.00 bits per heavy atom. The fraction of sp³-hybridized carbons (Fsp3) is 0.400. The maximum atomic E-state index is 11.3. The Labute approximate surface area is 107 Å². The van der Waals surface area contributed by atoms with Gasteiger partial charge in [-0.25, -0.2) is 0 Å². The first-order valence-electron chi connectivity index (χ1n) is 5.97. The third-order valence-electron chi connectivity index (χ3n) is 3.60. The predicted molar refractivity (Wildman–Crippen MR) is 71.4 cm³/mol. The highest BCUT2D eigenvalue weighted by atomic mass is 35.5. The van der Waals surface area contributed by atoms with Gasteiger partial charge in [0, 0.05) is 23.3 Å². The number of benzene rings is 1. The molecular formula is C15H17ClO. The molecule has 90 valence electrons. The number of rotatable bonds is 2. The van der Waals surface area contributed by atoms with Crippen LogP contribution in [0.4, 0.5) is 0 Å². The Kier molecular flexibility index (Phi) is 3.39. The van der Waals surface area contributed by atoms with Gasteiger partial charge in [0.05, 0.1) is 0 Å². The summed E-state index contributed by atoms with van der Waals surface area (Å²) in [7, 11) is 0. The number of carbonyl (C=O) groups excluding carboxylic acids is 1. The second-order valence-corrected chi connectivity index (χ2v) is 5.54. The van der Waals surface area contributed by atoms with Crippen molar-refractivity contribution in [1.29, 1.82) is 0 Å². The van der Waals surface area contributed by atoms with Crippen LogP contribution in [0.3, 0.4) is 0 Å². The van der Waals surface area contributed by atoms with Crippen molar-refractivity contribution in [2.24, 2.45) is 0 Å². The molecule has 1 aromatic rings. The minimum Gasteiger partial charge on any atom is -0.299 e. The first-order valence-corrected chi connectivity index (χ1v) is 6.35. The molecule has 1 aliphatic rings. The monoisotopic (exact) mass is 248 g/mol. The van der Waals surface area contributed by atoms with Crippen LogP contribution >= 0.6 is 11.6 Å². The third kappa shape index (κ3) is 2.61. The molecule has 0 atom stereocenters. The highest BCUT2D eigenvalue weighted by Crippen LogP contribution is 2.37. The van der Waals surface area contributed by atoms with Crippen molar-refractivity contribution in [3.63, 3.8) is 0 Å². The van der Waals surface area contributed by atoms with E-state index in [4.69, 9.17) is 11.6 Å². The molecular weight excluding hydrogens is 232 g/mol. The summed E-state index contributed by atoms with van der Waals surface area (Å²) in [5, 5.41) is 0.767. The van der Waals surface area contributed by atoms with Crippen molar-refractivity contribution in [2.45, 2.75) is 38.5 Å². The summed E-state index contributed by atoms with van der Waals surface area (Å²) in [5.41, 5.74) is 2.52. The number of ketones is 1. The minimum atomic E-state index is -0.0361. The Bertz CT molecular complexity index is 472. The Morgan fingerprint density at radius 3 is 2.59 bits per heavy atom. The van der Waals surface area contributed by atoms with E-state index in [0.717, 1.165) is 11.4 Å². The Hall–Kier alpha value is -1.08. The van der Waals surface area contributed by atoms with Crippen molar-refractivity contribution < 1.29 is 4.79 Å². The van der Waals surface area contributed by atoms with Crippen molar-refractivity contribution in [3.8, 4) is 0 Å². The average Bonchev–Trinajstić information content (AvgIpc) is 2.29. The summed E-state index contributed by atoms with van der Waals surface area (Å²) < 4.78 is 0. The van der Waals surface area contributed by atoms with Crippen molar-refractivity contribution in [3.05, 3.63) is 46.5 Å². The van der Waals surface area contributed by atoms with Crippen LogP contribution in [0.5, 0.6) is 0 Å². The van der Waals surface area contributed by atoms with E-state index in [1.165, 1.54) is 11.1 Å². The van der Waals surface area contributed by atoms with Gasteiger partial charge in [-0.05, 0) is 24.1 Å². The molecule has 0 fully saturated rings. The lowest BCUT2D eigenvalue weighted by atomic mass is 9.73. The highest BCUT2D eigenvalue weighted by Gasteiger charge is 2.27. The predicted octanol–water partition coefficient (Wildman–Crippen LogP) is 4.30. The minimum absolute atomic E-state index is 0.0361. The van der Waals surface area contributed by atoms with Gasteiger partial charge in [-0.3, -0.25) is 4.79 Å². The molecule has 2 heteroatoms. The van der Waals surface area contributed by atoms with Crippen LogP contribution in [-0.4, -0.2) is 5.78 Å². The molecule has 0 aliphatic heterocycles. The lowest BCUT2D eigenvalue weighted by Gasteiger charge is -2.31. The zero-order valence-corrected chi connectivity index (χ0v) is 11.1. The van der Waals surface area contributed by atoms with E-state index in [-0.39, 0.29) is 5.41 Å². The van der Waals surface area contributed by atoms with E-state index in [1.807, 2.05) is 18.2 Å². The van der Waals surface area contributed by atoms with Crippen LogP contribution in [0, 0.1) is 0 Å². The van der Waals surface area contributed by atoms with E-state index in [9.17, 15) is 4.79 Å². The number of hydrogen-bond acceptors (Lipinski definition) is 1. The van der Waals surface area contributed by atoms with E-state index in [1.54, 1.807) is 0 Å². The average molecular weight is 249 g/mol. The fourth-order valence-electron chi connectivity index (χ4n) is 2.35. The molecule has 0 bridgehead atoms. The Balaban J connectivity index is 2.33. The van der Waals surface area contributed by atoms with Gasteiger partial charge in [0.1, 0.15) is 5.78 Å². The second kappa shape index (κ2) is 4.66. The SMILES string of the molecule is CC(C)(C1=CCC(=O)CC1)c1cccc(Cl)c1. The molecule has 1 aliphatic carbocycles. The number of allylic oxidation sites excluding steroid dienone is 2. The molecule has 0 saturated heterocycles. The maximum absolute atomic E-state index is 11.3. The number of halogens is 1. The van der Waals surface area contributed by atoms with Crippen molar-refractivity contribution in [1.82, 2.24) is 0 Å². The van der Waals surface area contributed by atoms with Gasteiger partial charge in [-0.1, -0.05) is 49.2 Å². The van der Waals surface area contributed by atoms with E-state index >= 15 is 0 Å². The Morgan fingerprint density at radius 1 is 1.24 bits per heavy atom. The first kappa shape index (κ1) is 12.4. The molecule has 0 unspecified atom stereocenters. The van der Waals surface area contributed by atoms with Crippen LogP contribution in [0.1, 0.15) is 38.7 Å². The number of carbonyl (C=O) groups is 1. The molecule has 0 aromatic heterocycles. The van der Waals surface area contributed by atoms with Crippen LogP contribution in [0.15, 0.2) is 35.9 Å².